The fraction of sp³-hybridized carbons (Fsp3) is 0.462. The first kappa shape index (κ1) is 24.4. The third kappa shape index (κ3) is 6.63. The number of rotatable bonds is 10. The Morgan fingerprint density at radius 2 is 1.67 bits per heavy atom. The monoisotopic (exact) mass is 454 g/mol. The SMILES string of the molecule is CCCCOc1ccc(C(=O)OC(C)C(=O)N2CCN(c3ccccc3)CC2)cc1OCC. The van der Waals surface area contributed by atoms with Gasteiger partial charge in [0.1, 0.15) is 0 Å². The molecule has 0 aromatic heterocycles. The summed E-state index contributed by atoms with van der Waals surface area (Å²) in [6.07, 6.45) is 1.10. The molecule has 0 radical (unpaired) electrons. The Morgan fingerprint density at radius 3 is 2.33 bits per heavy atom. The van der Waals surface area contributed by atoms with Gasteiger partial charge in [0.2, 0.25) is 0 Å². The van der Waals surface area contributed by atoms with Crippen LogP contribution in [0.5, 0.6) is 11.5 Å². The number of amides is 1. The average molecular weight is 455 g/mol. The van der Waals surface area contributed by atoms with E-state index in [1.54, 1.807) is 30.0 Å². The highest BCUT2D eigenvalue weighted by Gasteiger charge is 2.28. The molecule has 1 unspecified atom stereocenters. The summed E-state index contributed by atoms with van der Waals surface area (Å²) in [4.78, 5) is 29.6. The molecule has 0 saturated carbocycles. The third-order valence-corrected chi connectivity index (χ3v) is 5.58. The first-order chi connectivity index (χ1) is 16.0. The molecule has 33 heavy (non-hydrogen) atoms. The Morgan fingerprint density at radius 1 is 0.939 bits per heavy atom. The summed E-state index contributed by atoms with van der Waals surface area (Å²) < 4.78 is 16.9. The number of ether oxygens (including phenoxy) is 3. The van der Waals surface area contributed by atoms with Crippen LogP contribution in [0.2, 0.25) is 0 Å². The molecule has 1 aliphatic rings. The molecule has 178 valence electrons. The minimum absolute atomic E-state index is 0.180. The van der Waals surface area contributed by atoms with Crippen molar-refractivity contribution in [1.29, 1.82) is 0 Å². The maximum atomic E-state index is 12.9. The normalized spacial score (nSPS) is 14.5. The summed E-state index contributed by atoms with van der Waals surface area (Å²) in [6.45, 7) is 9.30. The van der Waals surface area contributed by atoms with Crippen LogP contribution in [0.15, 0.2) is 48.5 Å². The molecule has 3 rings (SSSR count). The number of benzene rings is 2. The zero-order valence-electron chi connectivity index (χ0n) is 19.8. The van der Waals surface area contributed by atoms with E-state index in [-0.39, 0.29) is 5.91 Å². The smallest absolute Gasteiger partial charge is 0.339 e. The highest BCUT2D eigenvalue weighted by atomic mass is 16.5. The van der Waals surface area contributed by atoms with Gasteiger partial charge in [-0.05, 0) is 50.6 Å². The van der Waals surface area contributed by atoms with Crippen molar-refractivity contribution in [2.75, 3.05) is 44.3 Å². The van der Waals surface area contributed by atoms with Crippen molar-refractivity contribution in [1.82, 2.24) is 4.90 Å². The molecule has 1 heterocycles. The first-order valence-corrected chi connectivity index (χ1v) is 11.7. The van der Waals surface area contributed by atoms with E-state index < -0.39 is 12.1 Å². The summed E-state index contributed by atoms with van der Waals surface area (Å²) in [6, 6.07) is 15.1. The lowest BCUT2D eigenvalue weighted by molar-refractivity contribution is -0.140. The number of hydrogen-bond acceptors (Lipinski definition) is 6. The lowest BCUT2D eigenvalue weighted by Crippen LogP contribution is -2.51. The summed E-state index contributed by atoms with van der Waals surface area (Å²) in [5, 5.41) is 0. The van der Waals surface area contributed by atoms with Gasteiger partial charge in [-0.3, -0.25) is 4.79 Å². The number of unbranched alkanes of at least 4 members (excludes halogenated alkanes) is 1. The predicted molar refractivity (Wildman–Crippen MR) is 128 cm³/mol. The van der Waals surface area contributed by atoms with E-state index in [0.29, 0.717) is 43.4 Å². The van der Waals surface area contributed by atoms with E-state index in [1.807, 2.05) is 25.1 Å². The largest absolute Gasteiger partial charge is 0.490 e. The van der Waals surface area contributed by atoms with Crippen LogP contribution in [0.25, 0.3) is 0 Å². The zero-order valence-corrected chi connectivity index (χ0v) is 19.8. The number of anilines is 1. The second kappa shape index (κ2) is 12.1. The van der Waals surface area contributed by atoms with Crippen LogP contribution in [0.1, 0.15) is 44.0 Å². The van der Waals surface area contributed by atoms with Crippen molar-refractivity contribution in [2.45, 2.75) is 39.7 Å². The summed E-state index contributed by atoms with van der Waals surface area (Å²) >= 11 is 0. The van der Waals surface area contributed by atoms with E-state index in [1.165, 1.54) is 0 Å². The Balaban J connectivity index is 1.56. The molecule has 0 N–H and O–H groups in total. The molecule has 1 aliphatic heterocycles. The number of esters is 1. The van der Waals surface area contributed by atoms with Gasteiger partial charge in [0.05, 0.1) is 18.8 Å². The standard InChI is InChI=1S/C26H34N2O5/c1-4-6-18-32-23-13-12-21(19-24(23)31-5-2)26(30)33-20(3)25(29)28-16-14-27(15-17-28)22-10-8-7-9-11-22/h7-13,19-20H,4-6,14-18H2,1-3H3. The van der Waals surface area contributed by atoms with Gasteiger partial charge < -0.3 is 24.0 Å². The van der Waals surface area contributed by atoms with Crippen LogP contribution in [-0.2, 0) is 9.53 Å². The molecule has 0 bridgehead atoms. The number of piperazine rings is 1. The van der Waals surface area contributed by atoms with Gasteiger partial charge in [-0.2, -0.15) is 0 Å². The summed E-state index contributed by atoms with van der Waals surface area (Å²) in [5.41, 5.74) is 1.48. The Labute approximate surface area is 196 Å². The highest BCUT2D eigenvalue weighted by Crippen LogP contribution is 2.29. The van der Waals surface area contributed by atoms with Crippen LogP contribution in [-0.4, -0.2) is 62.3 Å². The van der Waals surface area contributed by atoms with Crippen molar-refractivity contribution in [2.24, 2.45) is 0 Å². The molecule has 0 aliphatic carbocycles. The van der Waals surface area contributed by atoms with Crippen LogP contribution >= 0.6 is 0 Å². The van der Waals surface area contributed by atoms with Gasteiger partial charge in [0, 0.05) is 31.9 Å². The molecule has 7 nitrogen and oxygen atoms in total. The minimum Gasteiger partial charge on any atom is -0.490 e. The lowest BCUT2D eigenvalue weighted by Gasteiger charge is -2.37. The van der Waals surface area contributed by atoms with Gasteiger partial charge in [-0.15, -0.1) is 0 Å². The Kier molecular flexibility index (Phi) is 8.98. The summed E-state index contributed by atoms with van der Waals surface area (Å²) in [5.74, 6) is 0.363. The molecule has 1 fully saturated rings. The van der Waals surface area contributed by atoms with E-state index >= 15 is 0 Å². The molecule has 2 aromatic carbocycles. The second-order valence-corrected chi connectivity index (χ2v) is 7.99. The van der Waals surface area contributed by atoms with Crippen LogP contribution < -0.4 is 14.4 Å². The number of carbonyl (C=O) groups excluding carboxylic acids is 2. The number of hydrogen-bond donors (Lipinski definition) is 0. The molecular formula is C26H34N2O5. The second-order valence-electron chi connectivity index (χ2n) is 7.99. The van der Waals surface area contributed by atoms with E-state index in [9.17, 15) is 9.59 Å². The highest BCUT2D eigenvalue weighted by molar-refractivity contribution is 5.93. The van der Waals surface area contributed by atoms with E-state index in [2.05, 4.69) is 24.0 Å². The fourth-order valence-corrected chi connectivity index (χ4v) is 3.71. The molecule has 1 atom stereocenters. The third-order valence-electron chi connectivity index (χ3n) is 5.58. The van der Waals surface area contributed by atoms with Crippen molar-refractivity contribution < 1.29 is 23.8 Å². The van der Waals surface area contributed by atoms with Gasteiger partial charge in [0.25, 0.3) is 5.91 Å². The number of nitrogens with zero attached hydrogens (tertiary/aromatic N) is 2. The summed E-state index contributed by atoms with van der Waals surface area (Å²) in [7, 11) is 0. The Hall–Kier alpha value is -3.22. The fourth-order valence-electron chi connectivity index (χ4n) is 3.71. The molecule has 0 spiro atoms. The topological polar surface area (TPSA) is 68.3 Å². The molecule has 2 aromatic rings. The molecule has 1 amide bonds. The minimum atomic E-state index is -0.864. The van der Waals surface area contributed by atoms with Crippen LogP contribution in [0, 0.1) is 0 Å². The Bertz CT molecular complexity index is 910. The van der Waals surface area contributed by atoms with Crippen LogP contribution in [0.3, 0.4) is 0 Å². The average Bonchev–Trinajstić information content (AvgIpc) is 2.85. The zero-order chi connectivity index (χ0) is 23.6. The lowest BCUT2D eigenvalue weighted by atomic mass is 10.2. The quantitative estimate of drug-likeness (QED) is 0.397. The number of para-hydroxylation sites is 1. The van der Waals surface area contributed by atoms with Crippen molar-refractivity contribution in [3.63, 3.8) is 0 Å². The molecule has 1 saturated heterocycles. The predicted octanol–water partition coefficient (Wildman–Crippen LogP) is 4.16. The van der Waals surface area contributed by atoms with E-state index in [4.69, 9.17) is 14.2 Å². The van der Waals surface area contributed by atoms with Gasteiger partial charge in [-0.1, -0.05) is 31.5 Å². The maximum Gasteiger partial charge on any atom is 0.339 e. The molecule has 7 heteroatoms. The first-order valence-electron chi connectivity index (χ1n) is 11.7. The molecular weight excluding hydrogens is 420 g/mol. The van der Waals surface area contributed by atoms with Crippen LogP contribution in [0.4, 0.5) is 5.69 Å². The van der Waals surface area contributed by atoms with Gasteiger partial charge in [-0.25, -0.2) is 4.79 Å². The van der Waals surface area contributed by atoms with Gasteiger partial charge >= 0.3 is 5.97 Å². The van der Waals surface area contributed by atoms with E-state index in [0.717, 1.165) is 31.6 Å². The van der Waals surface area contributed by atoms with Crippen molar-refractivity contribution >= 4 is 17.6 Å². The maximum absolute atomic E-state index is 12.9. The number of carbonyl (C=O) groups is 2. The van der Waals surface area contributed by atoms with Gasteiger partial charge in [0.15, 0.2) is 17.6 Å². The van der Waals surface area contributed by atoms with Crippen molar-refractivity contribution in [3.05, 3.63) is 54.1 Å². The van der Waals surface area contributed by atoms with Crippen molar-refractivity contribution in [3.8, 4) is 11.5 Å².